The number of halogens is 1. The molecule has 0 fully saturated rings. The maximum atomic E-state index is 12.6. The predicted molar refractivity (Wildman–Crippen MR) is 60.0 cm³/mol. The number of rotatable bonds is 3. The van der Waals surface area contributed by atoms with Crippen LogP contribution in [0, 0.1) is 5.82 Å². The second-order valence-electron chi connectivity index (χ2n) is 2.53. The van der Waals surface area contributed by atoms with Crippen molar-refractivity contribution in [2.45, 2.75) is 18.7 Å². The fraction of sp³-hybridized carbons (Fsp3) is 0.273. The van der Waals surface area contributed by atoms with Gasteiger partial charge in [-0.2, -0.15) is 0 Å². The van der Waals surface area contributed by atoms with Gasteiger partial charge in [-0.05, 0) is 18.2 Å². The van der Waals surface area contributed by atoms with E-state index in [1.54, 1.807) is 0 Å². The number of hydrogen-bond acceptors (Lipinski definition) is 2. The van der Waals surface area contributed by atoms with Crippen LogP contribution in [0.4, 0.5) is 4.39 Å². The molecular formula is C11H15FO2S. The first-order valence-corrected chi connectivity index (χ1v) is 6.31. The van der Waals surface area contributed by atoms with Crippen LogP contribution in [0.25, 0.3) is 0 Å². The summed E-state index contributed by atoms with van der Waals surface area (Å²) in [5.41, 5.74) is 0. The highest BCUT2D eigenvalue weighted by Crippen LogP contribution is 2.12. The van der Waals surface area contributed by atoms with E-state index in [-0.39, 0.29) is 10.6 Å². The molecule has 1 rings (SSSR count). The van der Waals surface area contributed by atoms with E-state index in [0.29, 0.717) is 0 Å². The number of sulfone groups is 1. The van der Waals surface area contributed by atoms with Crippen molar-refractivity contribution in [3.05, 3.63) is 42.7 Å². The van der Waals surface area contributed by atoms with Crippen LogP contribution >= 0.6 is 0 Å². The van der Waals surface area contributed by atoms with E-state index in [1.165, 1.54) is 24.3 Å². The van der Waals surface area contributed by atoms with E-state index in [9.17, 15) is 12.8 Å². The third-order valence-corrected chi connectivity index (χ3v) is 3.14. The first kappa shape index (κ1) is 13.8. The Balaban J connectivity index is 0.000000921. The van der Waals surface area contributed by atoms with E-state index < -0.39 is 15.7 Å². The van der Waals surface area contributed by atoms with E-state index in [2.05, 4.69) is 6.58 Å². The van der Waals surface area contributed by atoms with Crippen molar-refractivity contribution in [3.8, 4) is 0 Å². The Morgan fingerprint density at radius 1 is 1.40 bits per heavy atom. The minimum Gasteiger partial charge on any atom is -0.223 e. The van der Waals surface area contributed by atoms with Crippen LogP contribution in [0.5, 0.6) is 0 Å². The molecule has 0 aliphatic carbocycles. The molecule has 0 heterocycles. The van der Waals surface area contributed by atoms with Gasteiger partial charge in [0.1, 0.15) is 5.82 Å². The van der Waals surface area contributed by atoms with Gasteiger partial charge in [0.25, 0.3) is 0 Å². The Labute approximate surface area is 90.4 Å². The Morgan fingerprint density at radius 2 is 2.00 bits per heavy atom. The Morgan fingerprint density at radius 3 is 2.47 bits per heavy atom. The summed E-state index contributed by atoms with van der Waals surface area (Å²) in [5.74, 6) is -0.721. The summed E-state index contributed by atoms with van der Waals surface area (Å²) >= 11 is 0. The van der Waals surface area contributed by atoms with Crippen molar-refractivity contribution < 1.29 is 12.8 Å². The molecule has 0 aliphatic heterocycles. The highest BCUT2D eigenvalue weighted by Gasteiger charge is 2.11. The van der Waals surface area contributed by atoms with Gasteiger partial charge < -0.3 is 0 Å². The molecule has 1 aromatic carbocycles. The molecule has 0 atom stereocenters. The maximum absolute atomic E-state index is 12.6. The van der Waals surface area contributed by atoms with Crippen LogP contribution in [-0.4, -0.2) is 14.2 Å². The molecule has 0 amide bonds. The van der Waals surface area contributed by atoms with Crippen LogP contribution < -0.4 is 0 Å². The SMILES string of the molecule is C=CCS(=O)(=O)c1cccc(F)c1.CC. The minimum absolute atomic E-state index is 0.00704. The lowest BCUT2D eigenvalue weighted by Gasteiger charge is -2.00. The molecule has 0 saturated heterocycles. The zero-order valence-corrected chi connectivity index (χ0v) is 9.72. The van der Waals surface area contributed by atoms with Crippen LogP contribution in [0.1, 0.15) is 13.8 Å². The lowest BCUT2D eigenvalue weighted by Crippen LogP contribution is -2.04. The van der Waals surface area contributed by atoms with Gasteiger partial charge in [-0.15, -0.1) is 6.58 Å². The van der Waals surface area contributed by atoms with Gasteiger partial charge in [0.2, 0.25) is 0 Å². The second-order valence-corrected chi connectivity index (χ2v) is 4.56. The lowest BCUT2D eigenvalue weighted by molar-refractivity contribution is 0.593. The first-order valence-electron chi connectivity index (χ1n) is 4.65. The molecule has 0 aromatic heterocycles. The molecule has 0 bridgehead atoms. The molecule has 0 unspecified atom stereocenters. The summed E-state index contributed by atoms with van der Waals surface area (Å²) in [5, 5.41) is 0. The van der Waals surface area contributed by atoms with Gasteiger partial charge >= 0.3 is 0 Å². The summed E-state index contributed by atoms with van der Waals surface area (Å²) in [6, 6.07) is 4.93. The van der Waals surface area contributed by atoms with Crippen LogP contribution in [-0.2, 0) is 9.84 Å². The average Bonchev–Trinajstić information content (AvgIpc) is 2.21. The van der Waals surface area contributed by atoms with Gasteiger partial charge in [0, 0.05) is 0 Å². The molecule has 1 aromatic rings. The maximum Gasteiger partial charge on any atom is 0.182 e. The first-order chi connectivity index (χ1) is 7.06. The summed E-state index contributed by atoms with van der Waals surface area (Å²) in [4.78, 5) is -0.00704. The quantitative estimate of drug-likeness (QED) is 0.748. The predicted octanol–water partition coefficient (Wildman–Crippen LogP) is 2.81. The fourth-order valence-electron chi connectivity index (χ4n) is 0.912. The Kier molecular flexibility index (Phi) is 5.86. The second kappa shape index (κ2) is 6.35. The Bertz CT molecular complexity index is 410. The molecule has 2 nitrogen and oxygen atoms in total. The molecule has 0 saturated carbocycles. The van der Waals surface area contributed by atoms with Gasteiger partial charge in [-0.25, -0.2) is 12.8 Å². The van der Waals surface area contributed by atoms with E-state index in [1.807, 2.05) is 13.8 Å². The molecule has 84 valence electrons. The monoisotopic (exact) mass is 230 g/mol. The zero-order valence-electron chi connectivity index (χ0n) is 8.90. The van der Waals surface area contributed by atoms with Gasteiger partial charge in [0.15, 0.2) is 9.84 Å². The summed E-state index contributed by atoms with van der Waals surface area (Å²) in [6.07, 6.45) is 1.28. The summed E-state index contributed by atoms with van der Waals surface area (Å²) in [7, 11) is -3.39. The molecule has 0 N–H and O–H groups in total. The van der Waals surface area contributed by atoms with Gasteiger partial charge in [0.05, 0.1) is 10.6 Å². The normalized spacial score (nSPS) is 10.1. The average molecular weight is 230 g/mol. The van der Waals surface area contributed by atoms with Crippen LogP contribution in [0.15, 0.2) is 41.8 Å². The molecule has 4 heteroatoms. The minimum atomic E-state index is -3.39. The Hall–Kier alpha value is -1.16. The van der Waals surface area contributed by atoms with E-state index >= 15 is 0 Å². The number of hydrogen-bond donors (Lipinski definition) is 0. The van der Waals surface area contributed by atoms with Crippen LogP contribution in [0.3, 0.4) is 0 Å². The fourth-order valence-corrected chi connectivity index (χ4v) is 1.99. The zero-order chi connectivity index (χ0) is 11.9. The number of benzene rings is 1. The smallest absolute Gasteiger partial charge is 0.182 e. The third-order valence-electron chi connectivity index (χ3n) is 1.49. The van der Waals surface area contributed by atoms with E-state index in [4.69, 9.17) is 0 Å². The van der Waals surface area contributed by atoms with Gasteiger partial charge in [-0.3, -0.25) is 0 Å². The molecular weight excluding hydrogens is 215 g/mol. The largest absolute Gasteiger partial charge is 0.223 e. The highest BCUT2D eigenvalue weighted by molar-refractivity contribution is 7.91. The van der Waals surface area contributed by atoms with Crippen molar-refractivity contribution in [3.63, 3.8) is 0 Å². The van der Waals surface area contributed by atoms with Crippen molar-refractivity contribution in [2.24, 2.45) is 0 Å². The van der Waals surface area contributed by atoms with Crippen LogP contribution in [0.2, 0.25) is 0 Å². The van der Waals surface area contributed by atoms with Gasteiger partial charge in [-0.1, -0.05) is 26.0 Å². The third kappa shape index (κ3) is 4.25. The molecule has 0 spiro atoms. The summed E-state index contributed by atoms with van der Waals surface area (Å²) < 4.78 is 35.3. The lowest BCUT2D eigenvalue weighted by atomic mass is 10.4. The summed E-state index contributed by atoms with van der Waals surface area (Å²) in [6.45, 7) is 7.32. The molecule has 0 aliphatic rings. The molecule has 15 heavy (non-hydrogen) atoms. The van der Waals surface area contributed by atoms with Crippen molar-refractivity contribution >= 4 is 9.84 Å². The standard InChI is InChI=1S/C9H9FO2S.C2H6/c1-2-6-13(11,12)9-5-3-4-8(10)7-9;1-2/h2-5,7H,1,6H2;1-2H3. The van der Waals surface area contributed by atoms with Crippen molar-refractivity contribution in [1.82, 2.24) is 0 Å². The van der Waals surface area contributed by atoms with Crippen molar-refractivity contribution in [1.29, 1.82) is 0 Å². The highest BCUT2D eigenvalue weighted by atomic mass is 32.2. The molecule has 0 radical (unpaired) electrons. The van der Waals surface area contributed by atoms with E-state index in [0.717, 1.165) is 6.07 Å². The van der Waals surface area contributed by atoms with Crippen molar-refractivity contribution in [2.75, 3.05) is 5.75 Å². The topological polar surface area (TPSA) is 34.1 Å².